The Morgan fingerprint density at radius 3 is 1.57 bits per heavy atom. The Morgan fingerprint density at radius 2 is 1.26 bits per heavy atom. The predicted octanol–water partition coefficient (Wildman–Crippen LogP) is 0.437. The Balaban J connectivity index is -0.000000578. The molecule has 0 amide bonds. The van der Waals surface area contributed by atoms with E-state index < -0.39 is 18.3 Å². The Bertz CT molecular complexity index is 381. The van der Waals surface area contributed by atoms with Gasteiger partial charge in [0.15, 0.2) is 0 Å². The van der Waals surface area contributed by atoms with Gasteiger partial charge >= 0.3 is 37.5 Å². The van der Waals surface area contributed by atoms with E-state index in [4.69, 9.17) is 14.4 Å². The number of halogens is 1. The van der Waals surface area contributed by atoms with Crippen molar-refractivity contribution in [3.63, 3.8) is 0 Å². The summed E-state index contributed by atoms with van der Waals surface area (Å²) in [5.41, 5.74) is 0. The van der Waals surface area contributed by atoms with Crippen molar-refractivity contribution in [3.05, 3.63) is 0 Å². The molecule has 0 rings (SSSR count). The molecular formula is C12H27FNaO7PS. The van der Waals surface area contributed by atoms with E-state index in [0.717, 1.165) is 12.8 Å². The maximum absolute atomic E-state index is 10.4. The average molecular weight is 388 g/mol. The Hall–Kier alpha value is 0.950. The zero-order chi connectivity index (χ0) is 17.5. The Kier molecular flexibility index (Phi) is 22.2. The third-order valence-electron chi connectivity index (χ3n) is 2.73. The van der Waals surface area contributed by atoms with Crippen molar-refractivity contribution in [1.82, 2.24) is 0 Å². The van der Waals surface area contributed by atoms with E-state index in [9.17, 15) is 17.2 Å². The molecule has 0 saturated heterocycles. The van der Waals surface area contributed by atoms with Crippen LogP contribution in [0.5, 0.6) is 0 Å². The summed E-state index contributed by atoms with van der Waals surface area (Å²) in [5, 5.41) is 0. The number of hydrogen-bond acceptors (Lipinski definition) is 5. The summed E-state index contributed by atoms with van der Waals surface area (Å²) in [6.07, 6.45) is 11.7. The van der Waals surface area contributed by atoms with E-state index in [1.165, 1.54) is 44.9 Å². The molecule has 7 nitrogen and oxygen atoms in total. The average Bonchev–Trinajstić information content (AvgIpc) is 2.32. The topological polar surface area (TPSA) is 124 Å². The normalized spacial score (nSPS) is 11.3. The van der Waals surface area contributed by atoms with Gasteiger partial charge < -0.3 is 4.55 Å². The molecule has 23 heavy (non-hydrogen) atoms. The van der Waals surface area contributed by atoms with Crippen LogP contribution in [0.1, 0.15) is 71.1 Å². The van der Waals surface area contributed by atoms with Crippen molar-refractivity contribution in [2.24, 2.45) is 0 Å². The van der Waals surface area contributed by atoms with Crippen LogP contribution in [-0.2, 0) is 19.1 Å². The fourth-order valence-corrected chi connectivity index (χ4v) is 2.07. The minimum atomic E-state index is -5.14. The molecule has 2 N–H and O–H groups in total. The maximum atomic E-state index is 10.4. The van der Waals surface area contributed by atoms with Crippen molar-refractivity contribution in [3.8, 4) is 0 Å². The van der Waals surface area contributed by atoms with Gasteiger partial charge in [0.1, 0.15) is 0 Å². The summed E-state index contributed by atoms with van der Waals surface area (Å²) in [6, 6.07) is 0. The molecule has 0 radical (unpaired) electrons. The summed E-state index contributed by atoms with van der Waals surface area (Å²) in [7, 11) is -9.62. The molecule has 0 aliphatic heterocycles. The standard InChI is InChI=1S/C12H26O4S.FH2O3P.Na/c1-2-3-4-5-6-7-8-9-10-11-12-16-17(13,14)15;1-5(2,3)4;/h2-12H2,1H3,(H,13,14,15);(H2,2,3,4);/q;;+1/p-1. The second-order valence-corrected chi connectivity index (χ2v) is 6.88. The summed E-state index contributed by atoms with van der Waals surface area (Å²) in [4.78, 5) is 13.9. The van der Waals surface area contributed by atoms with Gasteiger partial charge in [0.25, 0.3) is 0 Å². The van der Waals surface area contributed by atoms with Crippen LogP contribution in [0.4, 0.5) is 4.20 Å². The second kappa shape index (κ2) is 17.8. The first kappa shape index (κ1) is 28.7. The van der Waals surface area contributed by atoms with Gasteiger partial charge in [-0.05, 0) is 6.42 Å². The van der Waals surface area contributed by atoms with Gasteiger partial charge in [-0.3, -0.25) is 14.0 Å². The third kappa shape index (κ3) is 45.1. The fourth-order valence-electron chi connectivity index (χ4n) is 1.75. The van der Waals surface area contributed by atoms with E-state index >= 15 is 0 Å². The molecule has 136 valence electrons. The fraction of sp³-hybridized carbons (Fsp3) is 1.00. The van der Waals surface area contributed by atoms with Crippen LogP contribution in [0.2, 0.25) is 0 Å². The summed E-state index contributed by atoms with van der Waals surface area (Å²) >= 11 is 0. The van der Waals surface area contributed by atoms with Gasteiger partial charge in [-0.1, -0.05) is 64.7 Å². The maximum Gasteiger partial charge on any atom is 1.00 e. The van der Waals surface area contributed by atoms with Gasteiger partial charge in [-0.25, -0.2) is 13.0 Å². The molecule has 11 heteroatoms. The first-order valence-electron chi connectivity index (χ1n) is 7.41. The molecule has 0 aliphatic rings. The minimum absolute atomic E-state index is 0. The van der Waals surface area contributed by atoms with Gasteiger partial charge in [0, 0.05) is 0 Å². The summed E-state index contributed by atoms with van der Waals surface area (Å²) < 4.78 is 53.5. The molecule has 0 aliphatic carbocycles. The quantitative estimate of drug-likeness (QED) is 0.163. The molecule has 0 saturated carbocycles. The van der Waals surface area contributed by atoms with Crippen molar-refractivity contribution in [2.45, 2.75) is 71.1 Å². The molecular weight excluding hydrogens is 361 g/mol. The Morgan fingerprint density at radius 1 is 0.957 bits per heavy atom. The summed E-state index contributed by atoms with van der Waals surface area (Å²) in [5.74, 6) is 0. The zero-order valence-corrected chi connectivity index (χ0v) is 17.7. The van der Waals surface area contributed by atoms with E-state index in [2.05, 4.69) is 11.1 Å². The molecule has 0 heterocycles. The van der Waals surface area contributed by atoms with Gasteiger partial charge in [-0.2, -0.15) is 0 Å². The number of rotatable bonds is 12. The van der Waals surface area contributed by atoms with E-state index in [1.54, 1.807) is 0 Å². The molecule has 0 aromatic carbocycles. The third-order valence-corrected chi connectivity index (χ3v) is 3.18. The van der Waals surface area contributed by atoms with Crippen LogP contribution >= 0.6 is 7.91 Å². The van der Waals surface area contributed by atoms with Crippen molar-refractivity contribution < 1.29 is 65.3 Å². The molecule has 0 unspecified atom stereocenters. The van der Waals surface area contributed by atoms with Crippen LogP contribution < -0.4 is 29.6 Å². The SMILES string of the molecule is CCCCCCCCCCCCOS(=O)(=O)[O-].O=P(O)(O)F.[Na+]. The van der Waals surface area contributed by atoms with Crippen LogP contribution in [0, 0.1) is 0 Å². The summed E-state index contributed by atoms with van der Waals surface area (Å²) in [6.45, 7) is 2.24. The van der Waals surface area contributed by atoms with Crippen LogP contribution in [0.15, 0.2) is 0 Å². The first-order chi connectivity index (χ1) is 10.1. The smallest absolute Gasteiger partial charge is 0.726 e. The number of hydrogen-bond donors (Lipinski definition) is 2. The van der Waals surface area contributed by atoms with Gasteiger partial charge in [0.2, 0.25) is 10.4 Å². The molecule has 0 bridgehead atoms. The van der Waals surface area contributed by atoms with Gasteiger partial charge in [-0.15, -0.1) is 4.20 Å². The first-order valence-corrected chi connectivity index (χ1v) is 10.3. The van der Waals surface area contributed by atoms with E-state index in [0.29, 0.717) is 6.42 Å². The zero-order valence-electron chi connectivity index (χ0n) is 13.9. The van der Waals surface area contributed by atoms with Gasteiger partial charge in [0.05, 0.1) is 6.61 Å². The molecule has 0 fully saturated rings. The number of unbranched alkanes of at least 4 members (excludes halogenated alkanes) is 9. The van der Waals surface area contributed by atoms with Crippen molar-refractivity contribution in [1.29, 1.82) is 0 Å². The van der Waals surface area contributed by atoms with E-state index in [1.807, 2.05) is 0 Å². The predicted molar refractivity (Wildman–Crippen MR) is 80.6 cm³/mol. The van der Waals surface area contributed by atoms with Crippen molar-refractivity contribution >= 4 is 18.3 Å². The second-order valence-electron chi connectivity index (χ2n) is 4.89. The van der Waals surface area contributed by atoms with Crippen LogP contribution in [0.3, 0.4) is 0 Å². The Labute approximate surface area is 160 Å². The van der Waals surface area contributed by atoms with Crippen LogP contribution in [-0.4, -0.2) is 29.4 Å². The molecule has 0 aromatic rings. The molecule has 0 atom stereocenters. The largest absolute Gasteiger partial charge is 1.00 e. The van der Waals surface area contributed by atoms with E-state index in [-0.39, 0.29) is 36.2 Å². The molecule has 0 aromatic heterocycles. The van der Waals surface area contributed by atoms with Crippen LogP contribution in [0.25, 0.3) is 0 Å². The monoisotopic (exact) mass is 388 g/mol. The van der Waals surface area contributed by atoms with Crippen molar-refractivity contribution in [2.75, 3.05) is 6.61 Å². The molecule has 0 spiro atoms. The minimum Gasteiger partial charge on any atom is -0.726 e.